The number of fused-ring (bicyclic) bond motifs is 1. The SMILES string of the molecule is Cc1c(O)ccc2c1CCNCC2. The van der Waals surface area contributed by atoms with Gasteiger partial charge in [0.2, 0.25) is 0 Å². The molecule has 1 aromatic carbocycles. The second-order valence-corrected chi connectivity index (χ2v) is 3.60. The van der Waals surface area contributed by atoms with Gasteiger partial charge in [-0.1, -0.05) is 6.07 Å². The molecule has 2 heteroatoms. The number of hydrogen-bond donors (Lipinski definition) is 2. The van der Waals surface area contributed by atoms with Crippen molar-refractivity contribution in [3.63, 3.8) is 0 Å². The van der Waals surface area contributed by atoms with Crippen molar-refractivity contribution in [2.24, 2.45) is 0 Å². The van der Waals surface area contributed by atoms with Crippen LogP contribution in [0, 0.1) is 6.92 Å². The van der Waals surface area contributed by atoms with Crippen LogP contribution in [-0.4, -0.2) is 18.2 Å². The van der Waals surface area contributed by atoms with Crippen molar-refractivity contribution in [1.82, 2.24) is 5.32 Å². The molecule has 0 radical (unpaired) electrons. The molecule has 2 nitrogen and oxygen atoms in total. The standard InChI is InChI=1S/C11H15NO/c1-8-10-5-7-12-6-4-9(10)2-3-11(8)13/h2-3,12-13H,4-7H2,1H3. The lowest BCUT2D eigenvalue weighted by atomic mass is 9.97. The van der Waals surface area contributed by atoms with Crippen LogP contribution in [0.2, 0.25) is 0 Å². The van der Waals surface area contributed by atoms with Crippen LogP contribution < -0.4 is 5.32 Å². The Morgan fingerprint density at radius 3 is 2.85 bits per heavy atom. The molecule has 1 heterocycles. The summed E-state index contributed by atoms with van der Waals surface area (Å²) in [4.78, 5) is 0. The van der Waals surface area contributed by atoms with Gasteiger partial charge in [-0.2, -0.15) is 0 Å². The topological polar surface area (TPSA) is 32.3 Å². The van der Waals surface area contributed by atoms with Gasteiger partial charge < -0.3 is 10.4 Å². The lowest BCUT2D eigenvalue weighted by Gasteiger charge is -2.09. The van der Waals surface area contributed by atoms with E-state index in [4.69, 9.17) is 0 Å². The number of nitrogens with one attached hydrogen (secondary N) is 1. The molecule has 1 aliphatic heterocycles. The van der Waals surface area contributed by atoms with Crippen LogP contribution in [0.15, 0.2) is 12.1 Å². The first-order valence-corrected chi connectivity index (χ1v) is 4.80. The number of hydrogen-bond acceptors (Lipinski definition) is 2. The van der Waals surface area contributed by atoms with Crippen molar-refractivity contribution in [3.05, 3.63) is 28.8 Å². The zero-order valence-electron chi connectivity index (χ0n) is 7.93. The Kier molecular flexibility index (Phi) is 2.23. The summed E-state index contributed by atoms with van der Waals surface area (Å²) in [7, 11) is 0. The molecule has 0 saturated heterocycles. The van der Waals surface area contributed by atoms with Crippen molar-refractivity contribution in [2.75, 3.05) is 13.1 Å². The van der Waals surface area contributed by atoms with E-state index in [0.717, 1.165) is 31.5 Å². The van der Waals surface area contributed by atoms with Gasteiger partial charge in [0.25, 0.3) is 0 Å². The quantitative estimate of drug-likeness (QED) is 0.627. The molecule has 1 aromatic rings. The normalized spacial score (nSPS) is 16.4. The Morgan fingerprint density at radius 2 is 2.00 bits per heavy atom. The van der Waals surface area contributed by atoms with Gasteiger partial charge in [-0.25, -0.2) is 0 Å². The van der Waals surface area contributed by atoms with E-state index in [9.17, 15) is 5.11 Å². The predicted octanol–water partition coefficient (Wildman–Crippen LogP) is 1.39. The van der Waals surface area contributed by atoms with E-state index >= 15 is 0 Å². The monoisotopic (exact) mass is 177 g/mol. The zero-order valence-corrected chi connectivity index (χ0v) is 7.93. The zero-order chi connectivity index (χ0) is 9.26. The second kappa shape index (κ2) is 3.38. The molecule has 13 heavy (non-hydrogen) atoms. The molecule has 0 aliphatic carbocycles. The van der Waals surface area contributed by atoms with Crippen LogP contribution in [0.1, 0.15) is 16.7 Å². The number of rotatable bonds is 0. The number of phenols is 1. The van der Waals surface area contributed by atoms with Crippen molar-refractivity contribution >= 4 is 0 Å². The summed E-state index contributed by atoms with van der Waals surface area (Å²) in [6.45, 7) is 4.08. The predicted molar refractivity (Wildman–Crippen MR) is 53.1 cm³/mol. The summed E-state index contributed by atoms with van der Waals surface area (Å²) < 4.78 is 0. The van der Waals surface area contributed by atoms with E-state index < -0.39 is 0 Å². The van der Waals surface area contributed by atoms with Crippen LogP contribution in [0.25, 0.3) is 0 Å². The minimum absolute atomic E-state index is 0.431. The molecule has 0 fully saturated rings. The fraction of sp³-hybridized carbons (Fsp3) is 0.455. The number of benzene rings is 1. The molecule has 2 rings (SSSR count). The Labute approximate surface area is 78.6 Å². The van der Waals surface area contributed by atoms with Crippen LogP contribution in [-0.2, 0) is 12.8 Å². The molecule has 1 aliphatic rings. The highest BCUT2D eigenvalue weighted by molar-refractivity contribution is 5.44. The van der Waals surface area contributed by atoms with Gasteiger partial charge in [-0.15, -0.1) is 0 Å². The average molecular weight is 177 g/mol. The Morgan fingerprint density at radius 1 is 1.23 bits per heavy atom. The van der Waals surface area contributed by atoms with Gasteiger partial charge in [0.05, 0.1) is 0 Å². The van der Waals surface area contributed by atoms with E-state index in [1.54, 1.807) is 6.07 Å². The third kappa shape index (κ3) is 1.54. The third-order valence-electron chi connectivity index (χ3n) is 2.79. The molecule has 0 unspecified atom stereocenters. The highest BCUT2D eigenvalue weighted by atomic mass is 16.3. The lowest BCUT2D eigenvalue weighted by Crippen LogP contribution is -2.16. The highest BCUT2D eigenvalue weighted by Crippen LogP contribution is 2.25. The number of aromatic hydroxyl groups is 1. The van der Waals surface area contributed by atoms with E-state index in [1.165, 1.54) is 11.1 Å². The van der Waals surface area contributed by atoms with Crippen LogP contribution in [0.4, 0.5) is 0 Å². The fourth-order valence-electron chi connectivity index (χ4n) is 1.94. The first-order valence-electron chi connectivity index (χ1n) is 4.80. The molecule has 0 aromatic heterocycles. The van der Waals surface area contributed by atoms with Crippen molar-refractivity contribution in [1.29, 1.82) is 0 Å². The summed E-state index contributed by atoms with van der Waals surface area (Å²) in [5.41, 5.74) is 3.78. The first-order chi connectivity index (χ1) is 6.29. The smallest absolute Gasteiger partial charge is 0.118 e. The molecule has 70 valence electrons. The fourth-order valence-corrected chi connectivity index (χ4v) is 1.94. The highest BCUT2D eigenvalue weighted by Gasteiger charge is 2.11. The summed E-state index contributed by atoms with van der Waals surface area (Å²) in [5, 5.41) is 12.9. The molecule has 0 bridgehead atoms. The van der Waals surface area contributed by atoms with E-state index in [0.29, 0.717) is 5.75 Å². The first kappa shape index (κ1) is 8.57. The molecule has 0 spiro atoms. The van der Waals surface area contributed by atoms with Gasteiger partial charge in [0, 0.05) is 0 Å². The molecule has 0 saturated carbocycles. The maximum atomic E-state index is 9.55. The Hall–Kier alpha value is -1.02. The summed E-state index contributed by atoms with van der Waals surface area (Å²) in [6.07, 6.45) is 2.12. The van der Waals surface area contributed by atoms with E-state index in [-0.39, 0.29) is 0 Å². The average Bonchev–Trinajstić information content (AvgIpc) is 2.36. The van der Waals surface area contributed by atoms with Gasteiger partial charge in [0.15, 0.2) is 0 Å². The van der Waals surface area contributed by atoms with Crippen molar-refractivity contribution in [2.45, 2.75) is 19.8 Å². The lowest BCUT2D eigenvalue weighted by molar-refractivity contribution is 0.470. The molecule has 0 amide bonds. The Bertz CT molecular complexity index is 320. The Balaban J connectivity index is 2.48. The van der Waals surface area contributed by atoms with Crippen molar-refractivity contribution in [3.8, 4) is 5.75 Å². The third-order valence-corrected chi connectivity index (χ3v) is 2.79. The summed E-state index contributed by atoms with van der Waals surface area (Å²) >= 11 is 0. The van der Waals surface area contributed by atoms with Gasteiger partial charge >= 0.3 is 0 Å². The number of phenolic OH excluding ortho intramolecular Hbond substituents is 1. The largest absolute Gasteiger partial charge is 0.508 e. The minimum atomic E-state index is 0.431. The maximum Gasteiger partial charge on any atom is 0.118 e. The summed E-state index contributed by atoms with van der Waals surface area (Å²) in [6, 6.07) is 3.85. The van der Waals surface area contributed by atoms with Gasteiger partial charge in [-0.3, -0.25) is 0 Å². The molecule has 0 atom stereocenters. The van der Waals surface area contributed by atoms with Crippen LogP contribution >= 0.6 is 0 Å². The van der Waals surface area contributed by atoms with Gasteiger partial charge in [-0.05, 0) is 55.6 Å². The molecule has 2 N–H and O–H groups in total. The second-order valence-electron chi connectivity index (χ2n) is 3.60. The summed E-state index contributed by atoms with van der Waals surface area (Å²) in [5.74, 6) is 0.431. The van der Waals surface area contributed by atoms with E-state index in [1.807, 2.05) is 13.0 Å². The van der Waals surface area contributed by atoms with E-state index in [2.05, 4.69) is 5.32 Å². The van der Waals surface area contributed by atoms with Crippen molar-refractivity contribution < 1.29 is 5.11 Å². The minimum Gasteiger partial charge on any atom is -0.508 e. The van der Waals surface area contributed by atoms with Crippen LogP contribution in [0.5, 0.6) is 5.75 Å². The maximum absolute atomic E-state index is 9.55. The molecular weight excluding hydrogens is 162 g/mol. The molecular formula is C11H15NO. The van der Waals surface area contributed by atoms with Crippen LogP contribution in [0.3, 0.4) is 0 Å². The van der Waals surface area contributed by atoms with Gasteiger partial charge in [0.1, 0.15) is 5.75 Å².